The van der Waals surface area contributed by atoms with Crippen LogP contribution >= 0.6 is 7.82 Å². The zero-order valence-corrected chi connectivity index (χ0v) is 32.3. The Balaban J connectivity index is 2.14. The molecular formula is C41H67O9P. The summed E-state index contributed by atoms with van der Waals surface area (Å²) >= 11 is 0. The monoisotopic (exact) mass is 734 g/mol. The van der Waals surface area contributed by atoms with Crippen LogP contribution in [0.5, 0.6) is 0 Å². The fraction of sp³-hybridized carbons (Fsp3) is 0.659. The number of hydrogen-bond donors (Lipinski definition) is 2. The van der Waals surface area contributed by atoms with E-state index in [0.717, 1.165) is 70.6 Å². The quantitative estimate of drug-likeness (QED) is 0.0222. The number of esters is 2. The van der Waals surface area contributed by atoms with E-state index >= 15 is 0 Å². The lowest BCUT2D eigenvalue weighted by molar-refractivity contribution is -0.161. The Hall–Kier alpha value is -2.55. The van der Waals surface area contributed by atoms with Crippen LogP contribution < -0.4 is 0 Å². The first kappa shape index (κ1) is 46.5. The van der Waals surface area contributed by atoms with E-state index in [1.165, 1.54) is 25.7 Å². The maximum absolute atomic E-state index is 12.4. The highest BCUT2D eigenvalue weighted by atomic mass is 31.2. The molecule has 1 rings (SSSR count). The van der Waals surface area contributed by atoms with Crippen molar-refractivity contribution < 1.29 is 42.7 Å². The molecule has 0 spiro atoms. The molecule has 0 aromatic heterocycles. The first-order valence-corrected chi connectivity index (χ1v) is 20.9. The Morgan fingerprint density at radius 3 is 1.86 bits per heavy atom. The van der Waals surface area contributed by atoms with Gasteiger partial charge in [-0.1, -0.05) is 125 Å². The molecule has 1 fully saturated rings. The van der Waals surface area contributed by atoms with E-state index in [2.05, 4.69) is 79.1 Å². The second kappa shape index (κ2) is 32.1. The van der Waals surface area contributed by atoms with Crippen LogP contribution in [0.4, 0.5) is 0 Å². The summed E-state index contributed by atoms with van der Waals surface area (Å²) < 4.78 is 32.0. The molecule has 9 nitrogen and oxygen atoms in total. The Bertz CT molecular complexity index is 1120. The zero-order valence-electron chi connectivity index (χ0n) is 31.4. The van der Waals surface area contributed by atoms with Gasteiger partial charge in [0.1, 0.15) is 6.61 Å². The number of unbranched alkanes of at least 4 members (excludes halogenated alkanes) is 8. The lowest BCUT2D eigenvalue weighted by Crippen LogP contribution is -2.29. The molecule has 0 aromatic carbocycles. The minimum atomic E-state index is -4.78. The molecule has 0 aromatic rings. The van der Waals surface area contributed by atoms with Crippen LogP contribution in [0.25, 0.3) is 0 Å². The van der Waals surface area contributed by atoms with Crippen molar-refractivity contribution >= 4 is 19.8 Å². The Morgan fingerprint density at radius 1 is 0.647 bits per heavy atom. The van der Waals surface area contributed by atoms with E-state index in [1.807, 2.05) is 12.2 Å². The van der Waals surface area contributed by atoms with E-state index in [9.17, 15) is 14.2 Å². The minimum Gasteiger partial charge on any atom is -0.462 e. The van der Waals surface area contributed by atoms with Gasteiger partial charge < -0.3 is 24.0 Å². The minimum absolute atomic E-state index is 0.124. The standard InChI is InChI=1S/C41H67O9P/c1-3-5-7-8-9-10-11-12-13-14-15-19-22-25-29-33-40(42)47-35-37(36-48-51(44,45)46)49-41(43)34-30-26-23-20-17-16-18-21-24-28-32-39-38(50-39)31-27-6-4-2/h5,7,9-10,12-13,16,18,20,23-24,28,37-39H,3-4,6,8,11,14-15,17,19,21-22,25-27,29-36H2,1-2H3,(H2,44,45,46)/b7-5-,10-9-,13-12-,18-16-,23-20-,28-24-/t37-,38?,39?/m1/s1. The van der Waals surface area contributed by atoms with Crippen LogP contribution in [0.2, 0.25) is 0 Å². The average Bonchev–Trinajstić information content (AvgIpc) is 3.85. The van der Waals surface area contributed by atoms with Gasteiger partial charge in [0.05, 0.1) is 18.8 Å². The number of ether oxygens (including phenoxy) is 3. The summed E-state index contributed by atoms with van der Waals surface area (Å²) in [4.78, 5) is 42.7. The summed E-state index contributed by atoms with van der Waals surface area (Å²) in [6, 6.07) is 0. The fourth-order valence-corrected chi connectivity index (χ4v) is 5.54. The van der Waals surface area contributed by atoms with Gasteiger partial charge in [0.2, 0.25) is 0 Å². The molecule has 0 amide bonds. The average molecular weight is 735 g/mol. The molecule has 10 heteroatoms. The fourth-order valence-electron chi connectivity index (χ4n) is 5.18. The normalized spacial score (nSPS) is 17.3. The van der Waals surface area contributed by atoms with Crippen LogP contribution in [-0.2, 0) is 32.9 Å². The van der Waals surface area contributed by atoms with Gasteiger partial charge in [0.25, 0.3) is 0 Å². The highest BCUT2D eigenvalue weighted by molar-refractivity contribution is 7.46. The second-order valence-electron chi connectivity index (χ2n) is 12.9. The van der Waals surface area contributed by atoms with Gasteiger partial charge in [-0.15, -0.1) is 0 Å². The molecule has 0 radical (unpaired) electrons. The van der Waals surface area contributed by atoms with Crippen molar-refractivity contribution in [2.75, 3.05) is 13.2 Å². The molecular weight excluding hydrogens is 667 g/mol. The molecule has 2 N–H and O–H groups in total. The molecule has 51 heavy (non-hydrogen) atoms. The van der Waals surface area contributed by atoms with Gasteiger partial charge >= 0.3 is 19.8 Å². The first-order valence-electron chi connectivity index (χ1n) is 19.4. The van der Waals surface area contributed by atoms with Crippen LogP contribution in [0, 0.1) is 0 Å². The number of epoxide rings is 1. The van der Waals surface area contributed by atoms with E-state index < -0.39 is 32.5 Å². The molecule has 1 saturated heterocycles. The Morgan fingerprint density at radius 2 is 1.22 bits per heavy atom. The lowest BCUT2D eigenvalue weighted by Gasteiger charge is -2.18. The maximum Gasteiger partial charge on any atom is 0.469 e. The van der Waals surface area contributed by atoms with Gasteiger partial charge in [-0.3, -0.25) is 14.1 Å². The van der Waals surface area contributed by atoms with Crippen molar-refractivity contribution in [2.24, 2.45) is 0 Å². The highest BCUT2D eigenvalue weighted by Gasteiger charge is 2.36. The number of hydrogen-bond acceptors (Lipinski definition) is 7. The number of carbonyl (C=O) groups excluding carboxylic acids is 2. The lowest BCUT2D eigenvalue weighted by atomic mass is 10.1. The topological polar surface area (TPSA) is 132 Å². The van der Waals surface area contributed by atoms with Crippen molar-refractivity contribution in [3.05, 3.63) is 72.9 Å². The second-order valence-corrected chi connectivity index (χ2v) is 14.1. The van der Waals surface area contributed by atoms with E-state index in [4.69, 9.17) is 24.0 Å². The molecule has 0 aliphatic carbocycles. The summed E-state index contributed by atoms with van der Waals surface area (Å²) in [5.41, 5.74) is 0. The number of phosphoric acid groups is 1. The molecule has 1 aliphatic rings. The predicted octanol–water partition coefficient (Wildman–Crippen LogP) is 10.5. The molecule has 0 saturated carbocycles. The summed E-state index contributed by atoms with van der Waals surface area (Å²) in [6.07, 6.45) is 43.7. The van der Waals surface area contributed by atoms with Gasteiger partial charge in [-0.2, -0.15) is 0 Å². The summed E-state index contributed by atoms with van der Waals surface area (Å²) in [6.45, 7) is 3.46. The molecule has 3 atom stereocenters. The van der Waals surface area contributed by atoms with Crippen molar-refractivity contribution in [1.29, 1.82) is 0 Å². The number of rotatable bonds is 33. The van der Waals surface area contributed by atoms with Crippen molar-refractivity contribution in [3.8, 4) is 0 Å². The molecule has 0 bridgehead atoms. The number of allylic oxidation sites excluding steroid dienone is 11. The zero-order chi connectivity index (χ0) is 37.3. The van der Waals surface area contributed by atoms with Crippen LogP contribution in [0.15, 0.2) is 72.9 Å². The van der Waals surface area contributed by atoms with E-state index in [1.54, 1.807) is 0 Å². The van der Waals surface area contributed by atoms with Crippen molar-refractivity contribution in [3.63, 3.8) is 0 Å². The largest absolute Gasteiger partial charge is 0.469 e. The first-order chi connectivity index (χ1) is 24.7. The summed E-state index contributed by atoms with van der Waals surface area (Å²) in [5, 5.41) is 0. The predicted molar refractivity (Wildman–Crippen MR) is 206 cm³/mol. The van der Waals surface area contributed by atoms with Gasteiger partial charge in [0, 0.05) is 12.8 Å². The highest BCUT2D eigenvalue weighted by Crippen LogP contribution is 2.36. The smallest absolute Gasteiger partial charge is 0.462 e. The van der Waals surface area contributed by atoms with Crippen molar-refractivity contribution in [2.45, 2.75) is 161 Å². The summed E-state index contributed by atoms with van der Waals surface area (Å²) in [7, 11) is -4.78. The third-order valence-corrected chi connectivity index (χ3v) is 8.62. The number of carbonyl (C=O) groups is 2. The Kier molecular flexibility index (Phi) is 29.3. The molecule has 1 heterocycles. The number of phosphoric ester groups is 1. The van der Waals surface area contributed by atoms with Crippen molar-refractivity contribution in [1.82, 2.24) is 0 Å². The molecule has 290 valence electrons. The van der Waals surface area contributed by atoms with Crippen LogP contribution in [-0.4, -0.2) is 53.3 Å². The maximum atomic E-state index is 12.4. The van der Waals surface area contributed by atoms with Gasteiger partial charge in [0.15, 0.2) is 6.10 Å². The summed E-state index contributed by atoms with van der Waals surface area (Å²) in [5.74, 6) is -0.983. The van der Waals surface area contributed by atoms with E-state index in [0.29, 0.717) is 31.5 Å². The van der Waals surface area contributed by atoms with Gasteiger partial charge in [-0.25, -0.2) is 4.57 Å². The SMILES string of the molecule is CC/C=C\C/C=C\C/C=C\CCCCCCCC(=O)OC[C@H](COP(=O)(O)O)OC(=O)CCC/C=C\C/C=C\C/C=C\CC1OC1CCCCC. The van der Waals surface area contributed by atoms with Crippen LogP contribution in [0.3, 0.4) is 0 Å². The van der Waals surface area contributed by atoms with Gasteiger partial charge in [-0.05, 0) is 77.0 Å². The third-order valence-electron chi connectivity index (χ3n) is 8.13. The Labute approximate surface area is 308 Å². The molecule has 1 aliphatic heterocycles. The molecule has 2 unspecified atom stereocenters. The van der Waals surface area contributed by atoms with Crippen LogP contribution in [0.1, 0.15) is 142 Å². The van der Waals surface area contributed by atoms with E-state index in [-0.39, 0.29) is 19.4 Å². The third kappa shape index (κ3) is 31.9.